The second kappa shape index (κ2) is 5.06. The average molecular weight is 271 g/mol. The molecule has 20 heavy (non-hydrogen) atoms. The molecule has 0 fully saturated rings. The summed E-state index contributed by atoms with van der Waals surface area (Å²) in [4.78, 5) is 0. The van der Waals surface area contributed by atoms with Crippen LogP contribution in [0.5, 0.6) is 17.2 Å². The number of phenolic OH excluding ortho intramolecular Hbond substituents is 2. The Kier molecular flexibility index (Phi) is 3.24. The Balaban J connectivity index is 2.12. The molecule has 0 spiro atoms. The monoisotopic (exact) mass is 271 g/mol. The Bertz CT molecular complexity index is 640. The topological polar surface area (TPSA) is 61.7 Å². The van der Waals surface area contributed by atoms with Crippen molar-refractivity contribution in [3.8, 4) is 17.2 Å². The van der Waals surface area contributed by atoms with E-state index in [1.807, 2.05) is 24.3 Å². The van der Waals surface area contributed by atoms with Crippen LogP contribution in [0.25, 0.3) is 0 Å². The van der Waals surface area contributed by atoms with Gasteiger partial charge in [-0.3, -0.25) is 0 Å². The summed E-state index contributed by atoms with van der Waals surface area (Å²) < 4.78 is 5.42. The maximum absolute atomic E-state index is 9.76. The van der Waals surface area contributed by atoms with E-state index >= 15 is 0 Å². The van der Waals surface area contributed by atoms with E-state index in [4.69, 9.17) is 4.74 Å². The number of rotatable bonds is 2. The van der Waals surface area contributed by atoms with Crippen LogP contribution in [-0.4, -0.2) is 23.9 Å². The third-order valence-electron chi connectivity index (χ3n) is 3.74. The predicted octanol–water partition coefficient (Wildman–Crippen LogP) is 2.34. The highest BCUT2D eigenvalue weighted by atomic mass is 16.5. The fourth-order valence-corrected chi connectivity index (χ4v) is 2.77. The second-order valence-corrected chi connectivity index (χ2v) is 4.92. The molecule has 0 aromatic heterocycles. The fraction of sp³-hybridized carbons (Fsp3) is 0.250. The van der Waals surface area contributed by atoms with Gasteiger partial charge in [0.2, 0.25) is 0 Å². The number of phenols is 2. The molecule has 0 saturated carbocycles. The third-order valence-corrected chi connectivity index (χ3v) is 3.74. The first kappa shape index (κ1) is 12.8. The number of methoxy groups -OCH3 is 1. The van der Waals surface area contributed by atoms with Crippen LogP contribution in [0, 0.1) is 0 Å². The summed E-state index contributed by atoms with van der Waals surface area (Å²) in [5.41, 5.74) is 3.06. The van der Waals surface area contributed by atoms with Gasteiger partial charge < -0.3 is 20.3 Å². The van der Waals surface area contributed by atoms with Crippen molar-refractivity contribution < 1.29 is 14.9 Å². The van der Waals surface area contributed by atoms with Gasteiger partial charge in [0, 0.05) is 12.1 Å². The summed E-state index contributed by atoms with van der Waals surface area (Å²) in [6.45, 7) is 0.819. The summed E-state index contributed by atoms with van der Waals surface area (Å²) in [5.74, 6) is 0.655. The standard InChI is InChI=1S/C16H17NO3/c1-20-15-5-3-2-4-11(15)16-12-9-14(19)13(18)8-10(12)6-7-17-16/h2-5,8-9,16-19H,6-7H2,1H3/t16-/m1/s1. The molecule has 1 atom stereocenters. The number of ether oxygens (including phenoxy) is 1. The molecule has 0 unspecified atom stereocenters. The molecule has 0 bridgehead atoms. The van der Waals surface area contributed by atoms with E-state index in [-0.39, 0.29) is 17.5 Å². The van der Waals surface area contributed by atoms with Crippen molar-refractivity contribution in [2.75, 3.05) is 13.7 Å². The third kappa shape index (κ3) is 2.08. The van der Waals surface area contributed by atoms with Crippen LogP contribution in [0.15, 0.2) is 36.4 Å². The van der Waals surface area contributed by atoms with Gasteiger partial charge in [0.25, 0.3) is 0 Å². The first-order valence-electron chi connectivity index (χ1n) is 6.61. The Labute approximate surface area is 117 Å². The van der Waals surface area contributed by atoms with Crippen LogP contribution in [-0.2, 0) is 6.42 Å². The number of benzene rings is 2. The van der Waals surface area contributed by atoms with Crippen molar-refractivity contribution in [3.63, 3.8) is 0 Å². The quantitative estimate of drug-likeness (QED) is 0.734. The van der Waals surface area contributed by atoms with E-state index < -0.39 is 0 Å². The first-order valence-corrected chi connectivity index (χ1v) is 6.61. The summed E-state index contributed by atoms with van der Waals surface area (Å²) in [5, 5.41) is 22.8. The van der Waals surface area contributed by atoms with Gasteiger partial charge in [-0.1, -0.05) is 18.2 Å². The first-order chi connectivity index (χ1) is 9.70. The molecular formula is C16H17NO3. The molecule has 3 rings (SSSR count). The Morgan fingerprint density at radius 2 is 1.85 bits per heavy atom. The van der Waals surface area contributed by atoms with Gasteiger partial charge in [0.1, 0.15) is 5.75 Å². The average Bonchev–Trinajstić information content (AvgIpc) is 2.48. The molecule has 1 aliphatic heterocycles. The van der Waals surface area contributed by atoms with E-state index in [9.17, 15) is 10.2 Å². The largest absolute Gasteiger partial charge is 0.504 e. The van der Waals surface area contributed by atoms with Crippen LogP contribution in [0.3, 0.4) is 0 Å². The van der Waals surface area contributed by atoms with Crippen LogP contribution in [0.4, 0.5) is 0 Å². The van der Waals surface area contributed by atoms with Crippen LogP contribution in [0.2, 0.25) is 0 Å². The molecule has 4 heteroatoms. The van der Waals surface area contributed by atoms with Gasteiger partial charge in [-0.15, -0.1) is 0 Å². The zero-order chi connectivity index (χ0) is 14.1. The van der Waals surface area contributed by atoms with Crippen molar-refractivity contribution in [2.45, 2.75) is 12.5 Å². The Hall–Kier alpha value is -2.20. The van der Waals surface area contributed by atoms with Crippen molar-refractivity contribution in [2.24, 2.45) is 0 Å². The van der Waals surface area contributed by atoms with E-state index in [0.717, 1.165) is 35.4 Å². The number of aromatic hydroxyl groups is 2. The lowest BCUT2D eigenvalue weighted by molar-refractivity contribution is 0.395. The lowest BCUT2D eigenvalue weighted by atomic mass is 9.89. The van der Waals surface area contributed by atoms with Crippen molar-refractivity contribution >= 4 is 0 Å². The molecule has 1 aliphatic rings. The molecule has 0 saturated heterocycles. The number of fused-ring (bicyclic) bond motifs is 1. The minimum absolute atomic E-state index is 0.0404. The lowest BCUT2D eigenvalue weighted by Gasteiger charge is -2.28. The highest BCUT2D eigenvalue weighted by Gasteiger charge is 2.25. The van der Waals surface area contributed by atoms with Crippen molar-refractivity contribution in [1.29, 1.82) is 0 Å². The molecule has 3 N–H and O–H groups in total. The van der Waals surface area contributed by atoms with Gasteiger partial charge in [-0.25, -0.2) is 0 Å². The predicted molar refractivity (Wildman–Crippen MR) is 76.3 cm³/mol. The summed E-state index contributed by atoms with van der Waals surface area (Å²) in [6.07, 6.45) is 0.828. The fourth-order valence-electron chi connectivity index (χ4n) is 2.77. The molecule has 104 valence electrons. The number of hydrogen-bond acceptors (Lipinski definition) is 4. The SMILES string of the molecule is COc1ccccc1[C@H]1NCCc2cc(O)c(O)cc21. The number of hydrogen-bond donors (Lipinski definition) is 3. The van der Waals surface area contributed by atoms with Crippen molar-refractivity contribution in [3.05, 3.63) is 53.1 Å². The molecular weight excluding hydrogens is 254 g/mol. The van der Waals surface area contributed by atoms with Crippen molar-refractivity contribution in [1.82, 2.24) is 5.32 Å². The maximum atomic E-state index is 9.76. The summed E-state index contributed by atoms with van der Waals surface area (Å²) in [6, 6.07) is 11.1. The van der Waals surface area contributed by atoms with Crippen LogP contribution >= 0.6 is 0 Å². The molecule has 2 aromatic rings. The van der Waals surface area contributed by atoms with Crippen LogP contribution in [0.1, 0.15) is 22.7 Å². The normalized spacial score (nSPS) is 17.6. The van der Waals surface area contributed by atoms with Gasteiger partial charge in [0.15, 0.2) is 11.5 Å². The maximum Gasteiger partial charge on any atom is 0.157 e. The van der Waals surface area contributed by atoms with Gasteiger partial charge in [0.05, 0.1) is 13.2 Å². The molecule has 2 aromatic carbocycles. The van der Waals surface area contributed by atoms with Crippen LogP contribution < -0.4 is 10.1 Å². The zero-order valence-electron chi connectivity index (χ0n) is 11.3. The summed E-state index contributed by atoms with van der Waals surface area (Å²) in [7, 11) is 1.65. The van der Waals surface area contributed by atoms with E-state index in [2.05, 4.69) is 5.32 Å². The Morgan fingerprint density at radius 1 is 1.10 bits per heavy atom. The molecule has 0 amide bonds. The number of nitrogens with one attached hydrogen (secondary N) is 1. The minimum atomic E-state index is -0.0904. The van der Waals surface area contributed by atoms with Gasteiger partial charge in [-0.2, -0.15) is 0 Å². The van der Waals surface area contributed by atoms with E-state index in [0.29, 0.717) is 0 Å². The van der Waals surface area contributed by atoms with Gasteiger partial charge in [-0.05, 0) is 35.7 Å². The smallest absolute Gasteiger partial charge is 0.157 e. The molecule has 4 nitrogen and oxygen atoms in total. The molecule has 0 radical (unpaired) electrons. The minimum Gasteiger partial charge on any atom is -0.504 e. The van der Waals surface area contributed by atoms with E-state index in [1.54, 1.807) is 19.2 Å². The zero-order valence-corrected chi connectivity index (χ0v) is 11.3. The molecule has 0 aliphatic carbocycles. The summed E-state index contributed by atoms with van der Waals surface area (Å²) >= 11 is 0. The lowest BCUT2D eigenvalue weighted by Crippen LogP contribution is -2.30. The second-order valence-electron chi connectivity index (χ2n) is 4.92. The molecule has 1 heterocycles. The van der Waals surface area contributed by atoms with Gasteiger partial charge >= 0.3 is 0 Å². The Morgan fingerprint density at radius 3 is 2.65 bits per heavy atom. The highest BCUT2D eigenvalue weighted by Crippen LogP contribution is 2.38. The highest BCUT2D eigenvalue weighted by molar-refractivity contribution is 5.52. The van der Waals surface area contributed by atoms with E-state index in [1.165, 1.54) is 0 Å². The number of para-hydroxylation sites is 1.